The zero-order chi connectivity index (χ0) is 26.9. The van der Waals surface area contributed by atoms with E-state index in [0.717, 1.165) is 12.8 Å². The molecule has 1 aromatic heterocycles. The van der Waals surface area contributed by atoms with Gasteiger partial charge >= 0.3 is 0 Å². The molecule has 0 saturated carbocycles. The maximum absolute atomic E-state index is 4.67. The third-order valence-electron chi connectivity index (χ3n) is 9.61. The standard InChI is InChI=1S/C39H29NS/c1-2-11-28-24(7-1)8-6-14-29(28)38-30-12-3-4-13-31(30)39(32-21-22-40-23-34(32)38)41-35-20-18-27-16-15-25-9-5-10-26-17-19-33(35)37(27)36(25)26/h1-9,11,13-16,18,20-23,26,30H,10,12,17,19H2. The van der Waals surface area contributed by atoms with Crippen molar-refractivity contribution in [3.05, 3.63) is 148 Å². The van der Waals surface area contributed by atoms with Crippen molar-refractivity contribution in [3.63, 3.8) is 0 Å². The first-order valence-corrected chi connectivity index (χ1v) is 15.6. The molecule has 2 atom stereocenters. The molecule has 0 saturated heterocycles. The second-order valence-electron chi connectivity index (χ2n) is 11.7. The molecule has 196 valence electrons. The monoisotopic (exact) mass is 543 g/mol. The number of nitrogens with zero attached hydrogens (tertiary/aromatic N) is 1. The van der Waals surface area contributed by atoms with Crippen LogP contribution >= 0.6 is 11.8 Å². The minimum Gasteiger partial charge on any atom is -0.264 e. The summed E-state index contributed by atoms with van der Waals surface area (Å²) in [4.78, 5) is 7.48. The van der Waals surface area contributed by atoms with Crippen LogP contribution in [0.1, 0.15) is 47.4 Å². The van der Waals surface area contributed by atoms with E-state index in [-0.39, 0.29) is 0 Å². The molecule has 1 heterocycles. The lowest BCUT2D eigenvalue weighted by Crippen LogP contribution is -2.37. The van der Waals surface area contributed by atoms with E-state index < -0.39 is 0 Å². The topological polar surface area (TPSA) is 12.9 Å². The van der Waals surface area contributed by atoms with E-state index in [2.05, 4.69) is 114 Å². The van der Waals surface area contributed by atoms with Crippen molar-refractivity contribution in [2.24, 2.45) is 5.92 Å². The van der Waals surface area contributed by atoms with Crippen LogP contribution in [0.5, 0.6) is 0 Å². The molecule has 4 aliphatic carbocycles. The molecule has 0 spiro atoms. The van der Waals surface area contributed by atoms with Gasteiger partial charge in [-0.25, -0.2) is 0 Å². The van der Waals surface area contributed by atoms with Crippen molar-refractivity contribution >= 4 is 49.9 Å². The zero-order valence-corrected chi connectivity index (χ0v) is 23.6. The summed E-state index contributed by atoms with van der Waals surface area (Å²) < 4.78 is 0. The summed E-state index contributed by atoms with van der Waals surface area (Å²) in [6.07, 6.45) is 20.3. The quantitative estimate of drug-likeness (QED) is 0.226. The highest BCUT2D eigenvalue weighted by Crippen LogP contribution is 2.50. The zero-order valence-electron chi connectivity index (χ0n) is 22.8. The summed E-state index contributed by atoms with van der Waals surface area (Å²) in [6.45, 7) is 0. The summed E-state index contributed by atoms with van der Waals surface area (Å²) in [5.41, 5.74) is 8.75. The number of thioether (sulfide) groups is 1. The van der Waals surface area contributed by atoms with E-state index in [0.29, 0.717) is 11.8 Å². The van der Waals surface area contributed by atoms with Crippen molar-refractivity contribution in [3.8, 4) is 0 Å². The molecule has 4 aromatic carbocycles. The van der Waals surface area contributed by atoms with Crippen molar-refractivity contribution in [2.75, 3.05) is 0 Å². The average molecular weight is 544 g/mol. The van der Waals surface area contributed by atoms with Gasteiger partial charge in [-0.2, -0.15) is 0 Å². The van der Waals surface area contributed by atoms with Crippen LogP contribution in [0.15, 0.2) is 120 Å². The predicted octanol–water partition coefficient (Wildman–Crippen LogP) is 8.45. The Labute approximate surface area is 244 Å². The molecule has 5 aromatic rings. The van der Waals surface area contributed by atoms with E-state index in [9.17, 15) is 0 Å². The molecule has 0 N–H and O–H groups in total. The van der Waals surface area contributed by atoms with Crippen LogP contribution in [0.25, 0.3) is 38.1 Å². The Morgan fingerprint density at radius 1 is 0.805 bits per heavy atom. The highest BCUT2D eigenvalue weighted by molar-refractivity contribution is 8.08. The number of aryl methyl sites for hydroxylation is 1. The largest absolute Gasteiger partial charge is 0.264 e. The van der Waals surface area contributed by atoms with Crippen molar-refractivity contribution in [2.45, 2.75) is 36.5 Å². The molecule has 0 amide bonds. The van der Waals surface area contributed by atoms with Crippen LogP contribution in [0.3, 0.4) is 0 Å². The van der Waals surface area contributed by atoms with Crippen molar-refractivity contribution in [1.82, 2.24) is 4.98 Å². The summed E-state index contributed by atoms with van der Waals surface area (Å²) in [6, 6.07) is 27.2. The molecule has 4 aliphatic rings. The van der Waals surface area contributed by atoms with Crippen LogP contribution in [0.4, 0.5) is 0 Å². The number of hydrogen-bond donors (Lipinski definition) is 0. The summed E-state index contributed by atoms with van der Waals surface area (Å²) in [5.74, 6) is 0.970. The summed E-state index contributed by atoms with van der Waals surface area (Å²) in [7, 11) is 0. The maximum atomic E-state index is 4.67. The number of hydrogen-bond acceptors (Lipinski definition) is 2. The molecule has 0 fully saturated rings. The lowest BCUT2D eigenvalue weighted by molar-refractivity contribution is 0.615. The number of allylic oxidation sites excluding steroid dienone is 4. The van der Waals surface area contributed by atoms with Gasteiger partial charge in [0.1, 0.15) is 0 Å². The van der Waals surface area contributed by atoms with E-state index in [4.69, 9.17) is 0 Å². The van der Waals surface area contributed by atoms with Gasteiger partial charge in [-0.15, -0.1) is 0 Å². The number of fused-ring (bicyclic) bond motifs is 3. The second-order valence-corrected chi connectivity index (χ2v) is 12.8. The third kappa shape index (κ3) is 3.53. The third-order valence-corrected chi connectivity index (χ3v) is 10.9. The Hall–Kier alpha value is -4.14. The summed E-state index contributed by atoms with van der Waals surface area (Å²) >= 11 is 1.99. The van der Waals surface area contributed by atoms with Crippen LogP contribution in [0, 0.1) is 5.92 Å². The van der Waals surface area contributed by atoms with Gasteiger partial charge in [-0.05, 0) is 104 Å². The summed E-state index contributed by atoms with van der Waals surface area (Å²) in [5, 5.41) is 8.11. The average Bonchev–Trinajstić information content (AvgIpc) is 3.04. The normalized spacial score (nSPS) is 20.2. The van der Waals surface area contributed by atoms with Gasteiger partial charge in [0.2, 0.25) is 0 Å². The molecule has 0 bridgehead atoms. The van der Waals surface area contributed by atoms with E-state index in [1.807, 2.05) is 18.0 Å². The fourth-order valence-electron chi connectivity index (χ4n) is 7.81. The number of aromatic nitrogens is 1. The molecular formula is C39H29NS. The molecule has 9 rings (SSSR count). The van der Waals surface area contributed by atoms with Crippen LogP contribution < -0.4 is 10.4 Å². The Kier molecular flexibility index (Phi) is 5.28. The van der Waals surface area contributed by atoms with Crippen LogP contribution in [-0.2, 0) is 6.42 Å². The van der Waals surface area contributed by atoms with E-state index in [1.165, 1.54) is 76.9 Å². The SMILES string of the molecule is C1=CCC2C(=C1)C(Sc1ccc3ccc4c5c3c1CCC5CC=C4)=c1ccncc1=C2c1cccc2ccccc12. The first kappa shape index (κ1) is 23.6. The molecule has 41 heavy (non-hydrogen) atoms. The minimum atomic E-state index is 0.309. The van der Waals surface area contributed by atoms with Gasteiger partial charge in [0.25, 0.3) is 0 Å². The van der Waals surface area contributed by atoms with Crippen molar-refractivity contribution < 1.29 is 0 Å². The second kappa shape index (κ2) is 9.19. The smallest absolute Gasteiger partial charge is 0.0349 e. The van der Waals surface area contributed by atoms with Gasteiger partial charge in [0, 0.05) is 33.3 Å². The molecule has 1 nitrogen and oxygen atoms in total. The number of pyridine rings is 1. The van der Waals surface area contributed by atoms with E-state index in [1.54, 1.807) is 11.1 Å². The van der Waals surface area contributed by atoms with E-state index >= 15 is 0 Å². The Morgan fingerprint density at radius 3 is 2.73 bits per heavy atom. The van der Waals surface area contributed by atoms with Gasteiger partial charge < -0.3 is 0 Å². The maximum Gasteiger partial charge on any atom is 0.0349 e. The number of rotatable bonds is 3. The number of benzene rings is 4. The van der Waals surface area contributed by atoms with Gasteiger partial charge in [0.15, 0.2) is 0 Å². The first-order valence-electron chi connectivity index (χ1n) is 14.8. The minimum absolute atomic E-state index is 0.309. The molecule has 0 radical (unpaired) electrons. The van der Waals surface area contributed by atoms with Gasteiger partial charge in [0.05, 0.1) is 0 Å². The predicted molar refractivity (Wildman–Crippen MR) is 173 cm³/mol. The van der Waals surface area contributed by atoms with Crippen LogP contribution in [-0.4, -0.2) is 4.98 Å². The highest BCUT2D eigenvalue weighted by Gasteiger charge is 2.32. The molecule has 2 heteroatoms. The fourth-order valence-corrected chi connectivity index (χ4v) is 9.11. The fraction of sp³-hybridized carbons (Fsp3) is 0.154. The van der Waals surface area contributed by atoms with Crippen LogP contribution in [0.2, 0.25) is 0 Å². The van der Waals surface area contributed by atoms with Gasteiger partial charge in [-0.1, -0.05) is 103 Å². The molecular weight excluding hydrogens is 515 g/mol. The first-order chi connectivity index (χ1) is 20.3. The Bertz CT molecular complexity index is 2140. The van der Waals surface area contributed by atoms with Crippen molar-refractivity contribution in [1.29, 1.82) is 0 Å². The molecule has 2 unspecified atom stereocenters. The Morgan fingerprint density at radius 2 is 1.73 bits per heavy atom. The molecule has 0 aliphatic heterocycles. The Balaban J connectivity index is 1.32. The lowest BCUT2D eigenvalue weighted by Gasteiger charge is -2.32. The highest BCUT2D eigenvalue weighted by atomic mass is 32.2. The lowest BCUT2D eigenvalue weighted by atomic mass is 9.75. The van der Waals surface area contributed by atoms with Gasteiger partial charge in [-0.3, -0.25) is 4.98 Å².